The van der Waals surface area contributed by atoms with Crippen molar-refractivity contribution >= 4 is 5.97 Å². The molecule has 13 heavy (non-hydrogen) atoms. The van der Waals surface area contributed by atoms with Crippen molar-refractivity contribution in [2.45, 2.75) is 51.9 Å². The van der Waals surface area contributed by atoms with Crippen LogP contribution >= 0.6 is 0 Å². The van der Waals surface area contributed by atoms with Crippen molar-refractivity contribution < 1.29 is 9.90 Å². The number of hydrogen-bond donors (Lipinski definition) is 1. The van der Waals surface area contributed by atoms with E-state index < -0.39 is 5.97 Å². The third kappa shape index (κ3) is 3.79. The van der Waals surface area contributed by atoms with Crippen LogP contribution in [0.15, 0.2) is 0 Å². The summed E-state index contributed by atoms with van der Waals surface area (Å²) in [5.74, 6) is -0.0659. The zero-order valence-corrected chi connectivity index (χ0v) is 8.46. The van der Waals surface area contributed by atoms with Crippen molar-refractivity contribution in [2.24, 2.45) is 11.8 Å². The molecule has 2 atom stereocenters. The lowest BCUT2D eigenvalue weighted by Crippen LogP contribution is -1.99. The number of unbranched alkanes of at least 4 members (excludes halogenated alkanes) is 4. The van der Waals surface area contributed by atoms with Crippen molar-refractivity contribution in [1.82, 2.24) is 0 Å². The molecule has 1 aliphatic carbocycles. The Balaban J connectivity index is 1.88. The number of hydrogen-bond acceptors (Lipinski definition) is 1. The average molecular weight is 184 g/mol. The lowest BCUT2D eigenvalue weighted by Gasteiger charge is -1.98. The summed E-state index contributed by atoms with van der Waals surface area (Å²) in [6, 6.07) is 0. The highest BCUT2D eigenvalue weighted by Crippen LogP contribution is 2.42. The third-order valence-electron chi connectivity index (χ3n) is 2.92. The monoisotopic (exact) mass is 184 g/mol. The van der Waals surface area contributed by atoms with E-state index in [-0.39, 0.29) is 5.92 Å². The molecule has 1 fully saturated rings. The van der Waals surface area contributed by atoms with E-state index in [9.17, 15) is 4.79 Å². The summed E-state index contributed by atoms with van der Waals surface area (Å²) < 4.78 is 0. The highest BCUT2D eigenvalue weighted by atomic mass is 16.4. The Bertz CT molecular complexity index is 165. The fourth-order valence-corrected chi connectivity index (χ4v) is 1.88. The molecule has 0 aromatic carbocycles. The summed E-state index contributed by atoms with van der Waals surface area (Å²) in [5.41, 5.74) is 0. The molecule has 0 aliphatic heterocycles. The van der Waals surface area contributed by atoms with Crippen LogP contribution in [0.2, 0.25) is 0 Å². The van der Waals surface area contributed by atoms with Crippen molar-refractivity contribution in [1.29, 1.82) is 0 Å². The van der Waals surface area contributed by atoms with Crippen LogP contribution in [0.5, 0.6) is 0 Å². The minimum atomic E-state index is -0.585. The largest absolute Gasteiger partial charge is 0.481 e. The summed E-state index contributed by atoms with van der Waals surface area (Å²) in [5, 5.41) is 8.66. The Hall–Kier alpha value is -0.530. The lowest BCUT2D eigenvalue weighted by molar-refractivity contribution is -0.138. The van der Waals surface area contributed by atoms with Gasteiger partial charge >= 0.3 is 5.97 Å². The normalized spacial score (nSPS) is 25.9. The van der Waals surface area contributed by atoms with Gasteiger partial charge in [0.15, 0.2) is 0 Å². The van der Waals surface area contributed by atoms with Crippen LogP contribution in [-0.4, -0.2) is 11.1 Å². The van der Waals surface area contributed by atoms with Crippen LogP contribution in [0.4, 0.5) is 0 Å². The summed E-state index contributed by atoms with van der Waals surface area (Å²) in [4.78, 5) is 10.5. The predicted molar refractivity (Wildman–Crippen MR) is 52.6 cm³/mol. The minimum absolute atomic E-state index is 0.00572. The number of carbonyl (C=O) groups is 1. The highest BCUT2D eigenvalue weighted by molar-refractivity contribution is 5.73. The molecule has 76 valence electrons. The van der Waals surface area contributed by atoms with Gasteiger partial charge in [-0.2, -0.15) is 0 Å². The second-order valence-corrected chi connectivity index (χ2v) is 4.14. The summed E-state index contributed by atoms with van der Waals surface area (Å²) in [7, 11) is 0. The Morgan fingerprint density at radius 3 is 2.54 bits per heavy atom. The number of aliphatic carboxylic acids is 1. The van der Waals surface area contributed by atoms with Crippen LogP contribution in [0.25, 0.3) is 0 Å². The lowest BCUT2D eigenvalue weighted by atomic mass is 10.1. The second-order valence-electron chi connectivity index (χ2n) is 4.14. The van der Waals surface area contributed by atoms with Crippen LogP contribution in [0, 0.1) is 11.8 Å². The molecule has 2 heteroatoms. The molecule has 1 aliphatic rings. The van der Waals surface area contributed by atoms with Crippen LogP contribution < -0.4 is 0 Å². The van der Waals surface area contributed by atoms with Crippen LogP contribution in [0.3, 0.4) is 0 Å². The molecule has 0 bridgehead atoms. The van der Waals surface area contributed by atoms with E-state index in [0.29, 0.717) is 5.92 Å². The Morgan fingerprint density at radius 2 is 2.00 bits per heavy atom. The van der Waals surface area contributed by atoms with Gasteiger partial charge in [0.1, 0.15) is 0 Å². The van der Waals surface area contributed by atoms with E-state index in [1.54, 1.807) is 0 Å². The molecule has 1 N–H and O–H groups in total. The third-order valence-corrected chi connectivity index (χ3v) is 2.92. The Kier molecular flexibility index (Phi) is 4.26. The predicted octanol–water partition coefficient (Wildman–Crippen LogP) is 3.07. The standard InChI is InChI=1S/C11H20O2/c1-2-3-4-5-6-7-9-8-10(9)11(12)13/h9-10H,2-8H2,1H3,(H,12,13)/t9-,10+/m1/s1. The number of rotatable bonds is 7. The summed E-state index contributed by atoms with van der Waals surface area (Å²) in [6.07, 6.45) is 8.52. The van der Waals surface area contributed by atoms with Gasteiger partial charge in [-0.05, 0) is 18.8 Å². The summed E-state index contributed by atoms with van der Waals surface area (Å²) >= 11 is 0. The molecular weight excluding hydrogens is 164 g/mol. The van der Waals surface area contributed by atoms with Crippen molar-refractivity contribution in [3.8, 4) is 0 Å². The highest BCUT2D eigenvalue weighted by Gasteiger charge is 2.42. The maximum absolute atomic E-state index is 10.5. The van der Waals surface area contributed by atoms with Crippen molar-refractivity contribution in [3.05, 3.63) is 0 Å². The molecule has 0 saturated heterocycles. The molecule has 2 nitrogen and oxygen atoms in total. The van der Waals surface area contributed by atoms with Gasteiger partial charge in [-0.25, -0.2) is 0 Å². The molecule has 1 saturated carbocycles. The maximum atomic E-state index is 10.5. The summed E-state index contributed by atoms with van der Waals surface area (Å²) in [6.45, 7) is 2.21. The number of carboxylic acid groups (broad SMARTS) is 1. The molecule has 0 amide bonds. The fraction of sp³-hybridized carbons (Fsp3) is 0.909. The number of carboxylic acids is 1. The zero-order valence-electron chi connectivity index (χ0n) is 8.46. The van der Waals surface area contributed by atoms with Gasteiger partial charge in [0.05, 0.1) is 5.92 Å². The quantitative estimate of drug-likeness (QED) is 0.617. The second kappa shape index (κ2) is 5.25. The maximum Gasteiger partial charge on any atom is 0.306 e. The van der Waals surface area contributed by atoms with Gasteiger partial charge in [0.2, 0.25) is 0 Å². The first-order valence-corrected chi connectivity index (χ1v) is 5.48. The van der Waals surface area contributed by atoms with Crippen LogP contribution in [0.1, 0.15) is 51.9 Å². The van der Waals surface area contributed by atoms with E-state index in [1.807, 2.05) is 0 Å². The van der Waals surface area contributed by atoms with Crippen LogP contribution in [-0.2, 0) is 4.79 Å². The van der Waals surface area contributed by atoms with Gasteiger partial charge < -0.3 is 5.11 Å². The van der Waals surface area contributed by atoms with Gasteiger partial charge in [-0.1, -0.05) is 39.0 Å². The van der Waals surface area contributed by atoms with E-state index >= 15 is 0 Å². The Labute approximate surface area is 80.3 Å². The molecule has 0 aromatic rings. The SMILES string of the molecule is CCCCCCC[C@@H]1C[C@@H]1C(=O)O. The zero-order chi connectivity index (χ0) is 9.68. The smallest absolute Gasteiger partial charge is 0.306 e. The molecule has 0 unspecified atom stereocenters. The topological polar surface area (TPSA) is 37.3 Å². The van der Waals surface area contributed by atoms with Crippen molar-refractivity contribution in [2.75, 3.05) is 0 Å². The molecule has 0 heterocycles. The molecule has 0 radical (unpaired) electrons. The van der Waals surface area contributed by atoms with E-state index in [1.165, 1.54) is 32.1 Å². The average Bonchev–Trinajstić information content (AvgIpc) is 2.83. The minimum Gasteiger partial charge on any atom is -0.481 e. The van der Waals surface area contributed by atoms with Crippen molar-refractivity contribution in [3.63, 3.8) is 0 Å². The first-order valence-electron chi connectivity index (χ1n) is 5.48. The van der Waals surface area contributed by atoms with Gasteiger partial charge in [0, 0.05) is 0 Å². The van der Waals surface area contributed by atoms with E-state index in [2.05, 4.69) is 6.92 Å². The van der Waals surface area contributed by atoms with Gasteiger partial charge in [-0.15, -0.1) is 0 Å². The first kappa shape index (κ1) is 10.6. The first-order chi connectivity index (χ1) is 6.25. The van der Waals surface area contributed by atoms with E-state index in [4.69, 9.17) is 5.11 Å². The fourth-order valence-electron chi connectivity index (χ4n) is 1.88. The molecule has 0 spiro atoms. The molecule has 1 rings (SSSR count). The Morgan fingerprint density at radius 1 is 1.31 bits per heavy atom. The van der Waals surface area contributed by atoms with E-state index in [0.717, 1.165) is 12.8 Å². The van der Waals surface area contributed by atoms with Gasteiger partial charge in [-0.3, -0.25) is 4.79 Å². The van der Waals surface area contributed by atoms with Gasteiger partial charge in [0.25, 0.3) is 0 Å². The molecular formula is C11H20O2. The molecule has 0 aromatic heterocycles.